The maximum absolute atomic E-state index is 12.5. The number of aromatic amines is 1. The fourth-order valence-electron chi connectivity index (χ4n) is 3.82. The molecule has 0 fully saturated rings. The van der Waals surface area contributed by atoms with Crippen molar-refractivity contribution < 1.29 is 9.53 Å². The summed E-state index contributed by atoms with van der Waals surface area (Å²) in [5, 5.41) is 5.20. The van der Waals surface area contributed by atoms with Crippen LogP contribution in [0.2, 0.25) is 0 Å². The van der Waals surface area contributed by atoms with Gasteiger partial charge in [-0.15, -0.1) is 0 Å². The van der Waals surface area contributed by atoms with E-state index in [1.807, 2.05) is 24.3 Å². The molecule has 0 saturated carbocycles. The molecule has 0 saturated heterocycles. The molecule has 0 aliphatic heterocycles. The van der Waals surface area contributed by atoms with Crippen LogP contribution in [-0.2, 0) is 4.74 Å². The molecule has 2 N–H and O–H groups in total. The van der Waals surface area contributed by atoms with Gasteiger partial charge in [0.05, 0.1) is 0 Å². The molecule has 0 atom stereocenters. The van der Waals surface area contributed by atoms with E-state index < -0.39 is 6.09 Å². The van der Waals surface area contributed by atoms with Gasteiger partial charge in [-0.05, 0) is 22.3 Å². The number of nitrogens with one attached hydrogen (secondary N) is 2. The number of nitrogens with zero attached hydrogens (tertiary/aromatic N) is 3. The van der Waals surface area contributed by atoms with Gasteiger partial charge in [-0.1, -0.05) is 48.5 Å². The van der Waals surface area contributed by atoms with E-state index >= 15 is 0 Å². The topological polar surface area (TPSA) is 102 Å². The molecule has 0 bridgehead atoms. The van der Waals surface area contributed by atoms with E-state index in [9.17, 15) is 9.59 Å². The molecular weight excluding hydrogens is 382 g/mol. The molecular formula is C22H17N5O3. The normalized spacial score (nSPS) is 12.3. The summed E-state index contributed by atoms with van der Waals surface area (Å²) in [6.07, 6.45) is 2.24. The van der Waals surface area contributed by atoms with Gasteiger partial charge in [-0.3, -0.25) is 15.2 Å². The third-order valence-electron chi connectivity index (χ3n) is 5.10. The number of aromatic nitrogens is 4. The number of hydrogen-bond donors (Lipinski definition) is 2. The Balaban J connectivity index is 1.34. The first-order valence-electron chi connectivity index (χ1n) is 9.41. The first-order valence-corrected chi connectivity index (χ1v) is 9.41. The van der Waals surface area contributed by atoms with Crippen molar-refractivity contribution in [2.75, 3.05) is 11.9 Å². The molecule has 0 unspecified atom stereocenters. The molecule has 1 amide bonds. The van der Waals surface area contributed by atoms with Crippen molar-refractivity contribution in [1.29, 1.82) is 0 Å². The molecule has 30 heavy (non-hydrogen) atoms. The zero-order valence-electron chi connectivity index (χ0n) is 15.8. The zero-order valence-corrected chi connectivity index (χ0v) is 15.8. The smallest absolute Gasteiger partial charge is 0.412 e. The van der Waals surface area contributed by atoms with Crippen LogP contribution < -0.4 is 10.9 Å². The van der Waals surface area contributed by atoms with Crippen LogP contribution in [0.5, 0.6) is 0 Å². The Labute approximate surface area is 171 Å². The molecule has 2 aromatic heterocycles. The van der Waals surface area contributed by atoms with Crippen LogP contribution in [-0.4, -0.2) is 32.4 Å². The highest BCUT2D eigenvalue weighted by molar-refractivity contribution is 5.84. The van der Waals surface area contributed by atoms with Crippen LogP contribution in [0.3, 0.4) is 0 Å². The van der Waals surface area contributed by atoms with Crippen LogP contribution in [0.1, 0.15) is 17.0 Å². The molecule has 148 valence electrons. The second-order valence-corrected chi connectivity index (χ2v) is 6.86. The zero-order chi connectivity index (χ0) is 20.5. The van der Waals surface area contributed by atoms with Gasteiger partial charge in [0.2, 0.25) is 0 Å². The van der Waals surface area contributed by atoms with Crippen LogP contribution >= 0.6 is 0 Å². The van der Waals surface area contributed by atoms with E-state index in [2.05, 4.69) is 44.6 Å². The number of anilines is 1. The average molecular weight is 399 g/mol. The summed E-state index contributed by atoms with van der Waals surface area (Å²) in [4.78, 5) is 32.2. The Kier molecular flexibility index (Phi) is 4.36. The number of rotatable bonds is 4. The van der Waals surface area contributed by atoms with Crippen LogP contribution in [0, 0.1) is 0 Å². The second kappa shape index (κ2) is 7.32. The lowest BCUT2D eigenvalue weighted by atomic mass is 9.98. The molecule has 8 heteroatoms. The minimum absolute atomic E-state index is 0.0431. The number of amides is 1. The van der Waals surface area contributed by atoms with Crippen molar-refractivity contribution >= 4 is 11.9 Å². The SMILES string of the molecule is O=C(Nc1cc(=O)[nH]n1-c1ccncn1)OCC1c2ccccc2-c2ccccc21. The summed E-state index contributed by atoms with van der Waals surface area (Å²) in [6, 6.07) is 19.1. The molecule has 0 radical (unpaired) electrons. The van der Waals surface area contributed by atoms with Crippen LogP contribution in [0.25, 0.3) is 16.9 Å². The van der Waals surface area contributed by atoms with E-state index in [1.54, 1.807) is 6.07 Å². The van der Waals surface area contributed by atoms with Crippen molar-refractivity contribution in [1.82, 2.24) is 19.7 Å². The molecule has 1 aliphatic carbocycles. The van der Waals surface area contributed by atoms with E-state index in [1.165, 1.54) is 23.3 Å². The molecule has 5 rings (SSSR count). The second-order valence-electron chi connectivity index (χ2n) is 6.86. The number of H-pyrrole nitrogens is 1. The fourth-order valence-corrected chi connectivity index (χ4v) is 3.82. The predicted molar refractivity (Wildman–Crippen MR) is 111 cm³/mol. The maximum atomic E-state index is 12.5. The number of benzene rings is 2. The van der Waals surface area contributed by atoms with E-state index in [-0.39, 0.29) is 23.9 Å². The van der Waals surface area contributed by atoms with Crippen molar-refractivity contribution in [2.45, 2.75) is 5.92 Å². The summed E-state index contributed by atoms with van der Waals surface area (Å²) in [5.41, 5.74) is 4.20. The van der Waals surface area contributed by atoms with E-state index in [4.69, 9.17) is 4.74 Å². The molecule has 2 heterocycles. The fraction of sp³-hybridized carbons (Fsp3) is 0.0909. The molecule has 4 aromatic rings. The number of fused-ring (bicyclic) bond motifs is 3. The summed E-state index contributed by atoms with van der Waals surface area (Å²) < 4.78 is 6.90. The summed E-state index contributed by atoms with van der Waals surface area (Å²) in [7, 11) is 0. The highest BCUT2D eigenvalue weighted by Crippen LogP contribution is 2.44. The Morgan fingerprint density at radius 1 is 1.07 bits per heavy atom. The highest BCUT2D eigenvalue weighted by Gasteiger charge is 2.29. The van der Waals surface area contributed by atoms with Crippen molar-refractivity contribution in [3.8, 4) is 16.9 Å². The summed E-state index contributed by atoms with van der Waals surface area (Å²) >= 11 is 0. The van der Waals surface area contributed by atoms with Crippen LogP contribution in [0.15, 0.2) is 78.0 Å². The standard InChI is InChI=1S/C22H17N5O3/c28-21-11-20(27(26-21)19-9-10-23-13-24-19)25-22(29)30-12-18-16-7-3-1-5-14(16)15-6-2-4-8-17(15)18/h1-11,13,18H,12H2,(H,25,29)(H,26,28). The van der Waals surface area contributed by atoms with Gasteiger partial charge >= 0.3 is 6.09 Å². The Bertz CT molecular complexity index is 1230. The van der Waals surface area contributed by atoms with Gasteiger partial charge < -0.3 is 4.74 Å². The first kappa shape index (κ1) is 17.9. The quantitative estimate of drug-likeness (QED) is 0.548. The number of carbonyl (C=O) groups is 1. The monoisotopic (exact) mass is 399 g/mol. The van der Waals surface area contributed by atoms with Crippen molar-refractivity contribution in [3.63, 3.8) is 0 Å². The third kappa shape index (κ3) is 3.14. The predicted octanol–water partition coefficient (Wildman–Crippen LogP) is 3.32. The lowest BCUT2D eigenvalue weighted by molar-refractivity contribution is 0.158. The highest BCUT2D eigenvalue weighted by atomic mass is 16.5. The van der Waals surface area contributed by atoms with Gasteiger partial charge in [-0.2, -0.15) is 0 Å². The average Bonchev–Trinajstić information content (AvgIpc) is 3.30. The Hall–Kier alpha value is -4.20. The number of hydrogen-bond acceptors (Lipinski definition) is 5. The largest absolute Gasteiger partial charge is 0.448 e. The first-order chi connectivity index (χ1) is 14.7. The Morgan fingerprint density at radius 3 is 2.43 bits per heavy atom. The number of carbonyl (C=O) groups excluding carboxylic acids is 1. The van der Waals surface area contributed by atoms with Gasteiger partial charge in [0.1, 0.15) is 18.8 Å². The van der Waals surface area contributed by atoms with Gasteiger partial charge in [0.25, 0.3) is 5.56 Å². The molecule has 2 aromatic carbocycles. The lowest BCUT2D eigenvalue weighted by Crippen LogP contribution is -2.19. The van der Waals surface area contributed by atoms with Gasteiger partial charge in [-0.25, -0.2) is 19.4 Å². The third-order valence-corrected chi connectivity index (χ3v) is 5.10. The Morgan fingerprint density at radius 2 is 1.77 bits per heavy atom. The van der Waals surface area contributed by atoms with E-state index in [0.29, 0.717) is 5.82 Å². The lowest BCUT2D eigenvalue weighted by Gasteiger charge is -2.15. The van der Waals surface area contributed by atoms with Crippen molar-refractivity contribution in [2.24, 2.45) is 0 Å². The number of ether oxygens (including phenoxy) is 1. The summed E-state index contributed by atoms with van der Waals surface area (Å²) in [5.74, 6) is 0.607. The minimum atomic E-state index is -0.654. The van der Waals surface area contributed by atoms with Crippen molar-refractivity contribution in [3.05, 3.63) is 94.7 Å². The van der Waals surface area contributed by atoms with Crippen LogP contribution in [0.4, 0.5) is 10.6 Å². The van der Waals surface area contributed by atoms with Gasteiger partial charge in [0, 0.05) is 24.2 Å². The van der Waals surface area contributed by atoms with E-state index in [0.717, 1.165) is 22.3 Å². The van der Waals surface area contributed by atoms with Gasteiger partial charge in [0.15, 0.2) is 5.82 Å². The maximum Gasteiger partial charge on any atom is 0.412 e. The molecule has 1 aliphatic rings. The molecule has 0 spiro atoms. The molecule has 8 nitrogen and oxygen atoms in total. The minimum Gasteiger partial charge on any atom is -0.448 e. The summed E-state index contributed by atoms with van der Waals surface area (Å²) in [6.45, 7) is 0.183.